The van der Waals surface area contributed by atoms with E-state index in [2.05, 4.69) is 28.5 Å². The Hall–Kier alpha value is -3.48. The summed E-state index contributed by atoms with van der Waals surface area (Å²) < 4.78 is 11.1. The molecule has 3 heterocycles. The molecule has 2 aliphatic heterocycles. The van der Waals surface area contributed by atoms with E-state index in [1.165, 1.54) is 19.3 Å². The summed E-state index contributed by atoms with van der Waals surface area (Å²) >= 11 is 0. The molecule has 2 amide bonds. The van der Waals surface area contributed by atoms with Crippen molar-refractivity contribution < 1.29 is 14.3 Å². The molecule has 7 heteroatoms. The van der Waals surface area contributed by atoms with Gasteiger partial charge < -0.3 is 25.0 Å². The summed E-state index contributed by atoms with van der Waals surface area (Å²) in [7, 11) is 0. The van der Waals surface area contributed by atoms with Crippen LogP contribution in [0.15, 0.2) is 42.5 Å². The standard InChI is InChI=1S/C24H26N4O3/c1-16-13-23(28-9-3-2-4-10-28)27-20-7-5-17(14-19(16)20)25-24(29)26-18-6-8-21-22(15-18)31-12-11-30-21/h5-8,13-15H,2-4,9-12H2,1H3,(H2,25,26,29). The van der Waals surface area contributed by atoms with Crippen LogP contribution < -0.4 is 25.0 Å². The van der Waals surface area contributed by atoms with Crippen molar-refractivity contribution in [3.8, 4) is 11.5 Å². The van der Waals surface area contributed by atoms with Gasteiger partial charge in [0.15, 0.2) is 11.5 Å². The van der Waals surface area contributed by atoms with Gasteiger partial charge in [-0.3, -0.25) is 0 Å². The molecule has 2 N–H and O–H groups in total. The van der Waals surface area contributed by atoms with Crippen LogP contribution in [0.4, 0.5) is 22.0 Å². The SMILES string of the molecule is Cc1cc(N2CCCCC2)nc2ccc(NC(=O)Nc3ccc4c(c3)OCCO4)cc12. The zero-order valence-corrected chi connectivity index (χ0v) is 17.6. The van der Waals surface area contributed by atoms with Gasteiger partial charge in [-0.1, -0.05) is 0 Å². The van der Waals surface area contributed by atoms with E-state index < -0.39 is 0 Å². The first-order valence-corrected chi connectivity index (χ1v) is 10.8. The molecule has 0 atom stereocenters. The fourth-order valence-corrected chi connectivity index (χ4v) is 4.15. The fraction of sp³-hybridized carbons (Fsp3) is 0.333. The lowest BCUT2D eigenvalue weighted by Crippen LogP contribution is -2.30. The Morgan fingerprint density at radius 2 is 1.61 bits per heavy atom. The molecule has 2 aliphatic rings. The zero-order valence-electron chi connectivity index (χ0n) is 17.6. The number of nitrogens with zero attached hydrogens (tertiary/aromatic N) is 2. The molecular weight excluding hydrogens is 392 g/mol. The summed E-state index contributed by atoms with van der Waals surface area (Å²) in [5.41, 5.74) is 3.46. The molecule has 0 spiro atoms. The van der Waals surface area contributed by atoms with Gasteiger partial charge in [-0.05, 0) is 68.1 Å². The maximum Gasteiger partial charge on any atom is 0.323 e. The quantitative estimate of drug-likeness (QED) is 0.630. The Kier molecular flexibility index (Phi) is 5.24. The number of aromatic nitrogens is 1. The average Bonchev–Trinajstić information content (AvgIpc) is 2.80. The van der Waals surface area contributed by atoms with E-state index >= 15 is 0 Å². The second kappa shape index (κ2) is 8.34. The number of amides is 2. The Morgan fingerprint density at radius 3 is 2.42 bits per heavy atom. The summed E-state index contributed by atoms with van der Waals surface area (Å²) in [6, 6.07) is 13.0. The first-order valence-electron chi connectivity index (χ1n) is 10.8. The Morgan fingerprint density at radius 1 is 0.903 bits per heavy atom. The molecule has 0 radical (unpaired) electrons. The number of urea groups is 1. The highest BCUT2D eigenvalue weighted by Crippen LogP contribution is 2.33. The summed E-state index contributed by atoms with van der Waals surface area (Å²) in [4.78, 5) is 19.7. The predicted octanol–water partition coefficient (Wildman–Crippen LogP) is 4.95. The smallest absolute Gasteiger partial charge is 0.323 e. The minimum absolute atomic E-state index is 0.313. The van der Waals surface area contributed by atoms with Gasteiger partial charge in [0.05, 0.1) is 5.52 Å². The molecule has 1 fully saturated rings. The number of hydrogen-bond donors (Lipinski definition) is 2. The van der Waals surface area contributed by atoms with Crippen LogP contribution >= 0.6 is 0 Å². The van der Waals surface area contributed by atoms with Crippen LogP contribution in [0.1, 0.15) is 24.8 Å². The van der Waals surface area contributed by atoms with Crippen LogP contribution in [-0.4, -0.2) is 37.3 Å². The van der Waals surface area contributed by atoms with Crippen molar-refractivity contribution in [2.24, 2.45) is 0 Å². The molecule has 7 nitrogen and oxygen atoms in total. The van der Waals surface area contributed by atoms with E-state index in [4.69, 9.17) is 14.5 Å². The Labute approximate surface area is 181 Å². The lowest BCUT2D eigenvalue weighted by atomic mass is 10.1. The maximum atomic E-state index is 12.5. The van der Waals surface area contributed by atoms with Gasteiger partial charge in [0.25, 0.3) is 0 Å². The van der Waals surface area contributed by atoms with Crippen LogP contribution in [0, 0.1) is 6.92 Å². The number of nitrogens with one attached hydrogen (secondary N) is 2. The fourth-order valence-electron chi connectivity index (χ4n) is 4.15. The molecule has 5 rings (SSSR count). The predicted molar refractivity (Wildman–Crippen MR) is 123 cm³/mol. The monoisotopic (exact) mass is 418 g/mol. The van der Waals surface area contributed by atoms with Crippen LogP contribution in [-0.2, 0) is 0 Å². The van der Waals surface area contributed by atoms with Crippen LogP contribution in [0.2, 0.25) is 0 Å². The normalized spacial score (nSPS) is 15.6. The largest absolute Gasteiger partial charge is 0.486 e. The van der Waals surface area contributed by atoms with Gasteiger partial charge in [0, 0.05) is 35.9 Å². The maximum absolute atomic E-state index is 12.5. The first-order chi connectivity index (χ1) is 15.2. The number of piperidine rings is 1. The molecule has 160 valence electrons. The van der Waals surface area contributed by atoms with E-state index in [1.54, 1.807) is 18.2 Å². The van der Waals surface area contributed by atoms with E-state index in [1.807, 2.05) is 18.2 Å². The summed E-state index contributed by atoms with van der Waals surface area (Å²) in [5.74, 6) is 2.38. The molecule has 0 unspecified atom stereocenters. The Balaban J connectivity index is 1.31. The minimum atomic E-state index is -0.313. The van der Waals surface area contributed by atoms with Crippen molar-refractivity contribution >= 4 is 34.1 Å². The minimum Gasteiger partial charge on any atom is -0.486 e. The molecule has 3 aromatic rings. The van der Waals surface area contributed by atoms with E-state index in [-0.39, 0.29) is 6.03 Å². The second-order valence-corrected chi connectivity index (χ2v) is 8.01. The zero-order chi connectivity index (χ0) is 21.2. The van der Waals surface area contributed by atoms with Gasteiger partial charge in [0.2, 0.25) is 0 Å². The number of benzene rings is 2. The number of fused-ring (bicyclic) bond motifs is 2. The van der Waals surface area contributed by atoms with E-state index in [0.29, 0.717) is 30.4 Å². The van der Waals surface area contributed by atoms with Gasteiger partial charge in [-0.15, -0.1) is 0 Å². The third-order valence-corrected chi connectivity index (χ3v) is 5.74. The van der Waals surface area contributed by atoms with Crippen molar-refractivity contribution in [2.45, 2.75) is 26.2 Å². The lowest BCUT2D eigenvalue weighted by Gasteiger charge is -2.28. The molecule has 2 aromatic carbocycles. The van der Waals surface area contributed by atoms with Gasteiger partial charge in [-0.2, -0.15) is 0 Å². The van der Waals surface area contributed by atoms with Crippen LogP contribution in [0.25, 0.3) is 10.9 Å². The highest BCUT2D eigenvalue weighted by atomic mass is 16.6. The number of anilines is 3. The number of pyridine rings is 1. The lowest BCUT2D eigenvalue weighted by molar-refractivity contribution is 0.171. The van der Waals surface area contributed by atoms with Crippen molar-refractivity contribution in [1.29, 1.82) is 0 Å². The van der Waals surface area contributed by atoms with Gasteiger partial charge in [0.1, 0.15) is 19.0 Å². The van der Waals surface area contributed by atoms with Gasteiger partial charge >= 0.3 is 6.03 Å². The summed E-state index contributed by atoms with van der Waals surface area (Å²) in [6.07, 6.45) is 3.74. The van der Waals surface area contributed by atoms with Crippen molar-refractivity contribution in [1.82, 2.24) is 4.98 Å². The highest BCUT2D eigenvalue weighted by Gasteiger charge is 2.15. The number of rotatable bonds is 3. The summed E-state index contributed by atoms with van der Waals surface area (Å²) in [5, 5.41) is 6.79. The van der Waals surface area contributed by atoms with Crippen molar-refractivity contribution in [2.75, 3.05) is 41.8 Å². The number of ether oxygens (including phenoxy) is 2. The first kappa shape index (κ1) is 19.5. The molecule has 31 heavy (non-hydrogen) atoms. The van der Waals surface area contributed by atoms with Gasteiger partial charge in [-0.25, -0.2) is 9.78 Å². The van der Waals surface area contributed by atoms with Crippen molar-refractivity contribution in [3.05, 3.63) is 48.0 Å². The molecule has 0 aliphatic carbocycles. The molecule has 1 saturated heterocycles. The molecule has 1 aromatic heterocycles. The number of aryl methyl sites for hydroxylation is 1. The summed E-state index contributed by atoms with van der Waals surface area (Å²) in [6.45, 7) is 5.27. The van der Waals surface area contributed by atoms with Crippen molar-refractivity contribution in [3.63, 3.8) is 0 Å². The third kappa shape index (κ3) is 4.21. The van der Waals surface area contributed by atoms with Crippen LogP contribution in [0.5, 0.6) is 11.5 Å². The second-order valence-electron chi connectivity index (χ2n) is 8.01. The average molecular weight is 418 g/mol. The van der Waals surface area contributed by atoms with E-state index in [0.717, 1.165) is 41.1 Å². The third-order valence-electron chi connectivity index (χ3n) is 5.74. The molecule has 0 bridgehead atoms. The molecular formula is C24H26N4O3. The number of carbonyl (C=O) groups is 1. The Bertz CT molecular complexity index is 1130. The topological polar surface area (TPSA) is 75.7 Å². The highest BCUT2D eigenvalue weighted by molar-refractivity contribution is 6.01. The molecule has 0 saturated carbocycles. The van der Waals surface area contributed by atoms with E-state index in [9.17, 15) is 4.79 Å². The number of carbonyl (C=O) groups excluding carboxylic acids is 1. The number of hydrogen-bond acceptors (Lipinski definition) is 5. The van der Waals surface area contributed by atoms with Crippen LogP contribution in [0.3, 0.4) is 0 Å².